The molecule has 0 spiro atoms. The van der Waals surface area contributed by atoms with Gasteiger partial charge in [0.15, 0.2) is 0 Å². The van der Waals surface area contributed by atoms with Crippen LogP contribution in [-0.4, -0.2) is 7.05 Å². The summed E-state index contributed by atoms with van der Waals surface area (Å²) in [5.74, 6) is -0.286. The van der Waals surface area contributed by atoms with Crippen molar-refractivity contribution in [3.63, 3.8) is 0 Å². The van der Waals surface area contributed by atoms with Gasteiger partial charge in [-0.1, -0.05) is 12.1 Å². The minimum absolute atomic E-state index is 0.286. The summed E-state index contributed by atoms with van der Waals surface area (Å²) in [6.45, 7) is 0. The largest absolute Gasteiger partial charge is 0.301 e. The fourth-order valence-electron chi connectivity index (χ4n) is 0.961. The van der Waals surface area contributed by atoms with Crippen LogP contribution in [-0.2, 0) is 0 Å². The third-order valence-corrected chi connectivity index (χ3v) is 1.62. The molecule has 0 radical (unpaired) electrons. The van der Waals surface area contributed by atoms with Crippen LogP contribution in [0.3, 0.4) is 0 Å². The quantitative estimate of drug-likeness (QED) is 0.720. The second-order valence-corrected chi connectivity index (χ2v) is 2.40. The predicted molar refractivity (Wildman–Crippen MR) is 43.8 cm³/mol. The van der Waals surface area contributed by atoms with E-state index in [0.29, 0.717) is 0 Å². The SMILES string of the molecule is CNC(C#N)c1ccc(F)cc1. The Morgan fingerprint density at radius 3 is 2.42 bits per heavy atom. The summed E-state index contributed by atoms with van der Waals surface area (Å²) < 4.78 is 12.5. The first-order valence-electron chi connectivity index (χ1n) is 3.60. The molecule has 0 aliphatic rings. The summed E-state index contributed by atoms with van der Waals surface area (Å²) in [6.07, 6.45) is 0. The number of nitriles is 1. The number of nitrogens with one attached hydrogen (secondary N) is 1. The monoisotopic (exact) mass is 164 g/mol. The van der Waals surface area contributed by atoms with Gasteiger partial charge in [0, 0.05) is 0 Å². The average molecular weight is 164 g/mol. The lowest BCUT2D eigenvalue weighted by molar-refractivity contribution is 0.625. The molecule has 1 N–H and O–H groups in total. The van der Waals surface area contributed by atoms with E-state index in [1.54, 1.807) is 19.2 Å². The van der Waals surface area contributed by atoms with E-state index in [9.17, 15) is 4.39 Å². The Morgan fingerprint density at radius 1 is 1.42 bits per heavy atom. The van der Waals surface area contributed by atoms with Gasteiger partial charge in [0.2, 0.25) is 0 Å². The van der Waals surface area contributed by atoms with Gasteiger partial charge < -0.3 is 5.32 Å². The highest BCUT2D eigenvalue weighted by molar-refractivity contribution is 5.24. The van der Waals surface area contributed by atoms with Crippen LogP contribution < -0.4 is 5.32 Å². The van der Waals surface area contributed by atoms with Gasteiger partial charge in [0.25, 0.3) is 0 Å². The van der Waals surface area contributed by atoms with Gasteiger partial charge in [-0.15, -0.1) is 0 Å². The van der Waals surface area contributed by atoms with Gasteiger partial charge in [-0.25, -0.2) is 4.39 Å². The molecule has 1 rings (SSSR count). The number of rotatable bonds is 2. The molecule has 3 heteroatoms. The first kappa shape index (κ1) is 8.69. The minimum Gasteiger partial charge on any atom is -0.301 e. The second-order valence-electron chi connectivity index (χ2n) is 2.40. The van der Waals surface area contributed by atoms with Gasteiger partial charge in [-0.2, -0.15) is 5.26 Å². The molecule has 0 heterocycles. The third-order valence-electron chi connectivity index (χ3n) is 1.62. The van der Waals surface area contributed by atoms with E-state index in [0.717, 1.165) is 5.56 Å². The van der Waals surface area contributed by atoms with E-state index in [1.807, 2.05) is 0 Å². The molecule has 0 fully saturated rings. The highest BCUT2D eigenvalue weighted by Crippen LogP contribution is 2.11. The van der Waals surface area contributed by atoms with Crippen LogP contribution in [0.2, 0.25) is 0 Å². The zero-order valence-corrected chi connectivity index (χ0v) is 6.71. The molecule has 1 aromatic rings. The molecule has 1 aromatic carbocycles. The van der Waals surface area contributed by atoms with Gasteiger partial charge in [0.1, 0.15) is 11.9 Å². The Bertz CT molecular complexity index is 286. The van der Waals surface area contributed by atoms with Crippen LogP contribution in [0.1, 0.15) is 11.6 Å². The molecule has 2 nitrogen and oxygen atoms in total. The molecule has 12 heavy (non-hydrogen) atoms. The van der Waals surface area contributed by atoms with Crippen molar-refractivity contribution in [2.24, 2.45) is 0 Å². The molecule has 0 saturated heterocycles. The van der Waals surface area contributed by atoms with Gasteiger partial charge >= 0.3 is 0 Å². The van der Waals surface area contributed by atoms with E-state index in [-0.39, 0.29) is 11.9 Å². The smallest absolute Gasteiger partial charge is 0.123 e. The van der Waals surface area contributed by atoms with Crippen molar-refractivity contribution < 1.29 is 4.39 Å². The molecule has 62 valence electrons. The van der Waals surface area contributed by atoms with Crippen molar-refractivity contribution in [1.29, 1.82) is 5.26 Å². The lowest BCUT2D eigenvalue weighted by atomic mass is 10.1. The number of benzene rings is 1. The van der Waals surface area contributed by atoms with Gasteiger partial charge in [-0.05, 0) is 24.7 Å². The van der Waals surface area contributed by atoms with Crippen LogP contribution in [0.5, 0.6) is 0 Å². The lowest BCUT2D eigenvalue weighted by Gasteiger charge is -2.06. The second kappa shape index (κ2) is 3.84. The molecular weight excluding hydrogens is 155 g/mol. The molecule has 0 aliphatic heterocycles. The van der Waals surface area contributed by atoms with E-state index in [1.165, 1.54) is 12.1 Å². The predicted octanol–water partition coefficient (Wildman–Crippen LogP) is 1.61. The molecule has 0 amide bonds. The van der Waals surface area contributed by atoms with E-state index in [2.05, 4.69) is 11.4 Å². The Kier molecular flexibility index (Phi) is 2.78. The molecule has 0 aromatic heterocycles. The van der Waals surface area contributed by atoms with E-state index in [4.69, 9.17) is 5.26 Å². The molecule has 0 bridgehead atoms. The molecule has 1 atom stereocenters. The van der Waals surface area contributed by atoms with Crippen LogP contribution in [0.4, 0.5) is 4.39 Å². The summed E-state index contributed by atoms with van der Waals surface area (Å²) in [4.78, 5) is 0. The minimum atomic E-state index is -0.356. The topological polar surface area (TPSA) is 35.8 Å². The van der Waals surface area contributed by atoms with Crippen molar-refractivity contribution in [2.75, 3.05) is 7.05 Å². The van der Waals surface area contributed by atoms with Crippen LogP contribution >= 0.6 is 0 Å². The number of hydrogen-bond donors (Lipinski definition) is 1. The molecule has 0 aliphatic carbocycles. The summed E-state index contributed by atoms with van der Waals surface area (Å²) in [5.41, 5.74) is 0.779. The Balaban J connectivity index is 2.89. The van der Waals surface area contributed by atoms with Crippen LogP contribution in [0.25, 0.3) is 0 Å². The van der Waals surface area contributed by atoms with Crippen LogP contribution in [0.15, 0.2) is 24.3 Å². The third kappa shape index (κ3) is 1.80. The van der Waals surface area contributed by atoms with Crippen molar-refractivity contribution in [3.05, 3.63) is 35.6 Å². The normalized spacial score (nSPS) is 12.1. The van der Waals surface area contributed by atoms with Crippen molar-refractivity contribution >= 4 is 0 Å². The fraction of sp³-hybridized carbons (Fsp3) is 0.222. The number of halogens is 1. The standard InChI is InChI=1S/C9H9FN2/c1-12-9(6-11)7-2-4-8(10)5-3-7/h2-5,9,12H,1H3. The molecule has 0 saturated carbocycles. The van der Waals surface area contributed by atoms with Crippen molar-refractivity contribution in [1.82, 2.24) is 5.32 Å². The summed E-state index contributed by atoms with van der Waals surface area (Å²) in [5, 5.41) is 11.4. The maximum absolute atomic E-state index is 12.5. The van der Waals surface area contributed by atoms with Crippen molar-refractivity contribution in [3.8, 4) is 6.07 Å². The Morgan fingerprint density at radius 2 is 2.00 bits per heavy atom. The number of hydrogen-bond acceptors (Lipinski definition) is 2. The number of nitrogens with zero attached hydrogens (tertiary/aromatic N) is 1. The van der Waals surface area contributed by atoms with E-state index >= 15 is 0 Å². The van der Waals surface area contributed by atoms with Crippen molar-refractivity contribution in [2.45, 2.75) is 6.04 Å². The summed E-state index contributed by atoms with van der Waals surface area (Å²) >= 11 is 0. The highest BCUT2D eigenvalue weighted by atomic mass is 19.1. The van der Waals surface area contributed by atoms with Crippen LogP contribution in [0, 0.1) is 17.1 Å². The molecule has 1 unspecified atom stereocenters. The van der Waals surface area contributed by atoms with E-state index < -0.39 is 0 Å². The Hall–Kier alpha value is -1.40. The zero-order chi connectivity index (χ0) is 8.97. The highest BCUT2D eigenvalue weighted by Gasteiger charge is 2.05. The zero-order valence-electron chi connectivity index (χ0n) is 6.71. The lowest BCUT2D eigenvalue weighted by Crippen LogP contribution is -2.13. The Labute approximate surface area is 70.6 Å². The maximum atomic E-state index is 12.5. The summed E-state index contributed by atoms with van der Waals surface area (Å²) in [6, 6.07) is 7.58. The summed E-state index contributed by atoms with van der Waals surface area (Å²) in [7, 11) is 1.69. The van der Waals surface area contributed by atoms with Gasteiger partial charge in [0.05, 0.1) is 6.07 Å². The fourth-order valence-corrected chi connectivity index (χ4v) is 0.961. The molecular formula is C9H9FN2. The first-order chi connectivity index (χ1) is 5.77. The first-order valence-corrected chi connectivity index (χ1v) is 3.60. The van der Waals surface area contributed by atoms with Gasteiger partial charge in [-0.3, -0.25) is 0 Å². The average Bonchev–Trinajstić information content (AvgIpc) is 2.10. The maximum Gasteiger partial charge on any atom is 0.123 e.